The van der Waals surface area contributed by atoms with Crippen LogP contribution in [0.15, 0.2) is 0 Å². The zero-order valence-electron chi connectivity index (χ0n) is 10.7. The summed E-state index contributed by atoms with van der Waals surface area (Å²) in [5.74, 6) is 1.30. The highest BCUT2D eigenvalue weighted by Crippen LogP contribution is 2.38. The Morgan fingerprint density at radius 2 is 2.00 bits per heavy atom. The van der Waals surface area contributed by atoms with Crippen molar-refractivity contribution >= 4 is 0 Å². The van der Waals surface area contributed by atoms with Crippen molar-refractivity contribution in [2.45, 2.75) is 70.5 Å². The Labute approximate surface area is 99.4 Å². The normalized spacial score (nSPS) is 37.1. The van der Waals surface area contributed by atoms with Crippen LogP contribution in [0.5, 0.6) is 0 Å². The Kier molecular flexibility index (Phi) is 3.91. The number of hydrogen-bond acceptors (Lipinski definition) is 2. The predicted molar refractivity (Wildman–Crippen MR) is 65.3 cm³/mol. The largest absolute Gasteiger partial charge is 0.390 e. The van der Waals surface area contributed by atoms with Crippen molar-refractivity contribution in [3.8, 4) is 0 Å². The first-order valence-electron chi connectivity index (χ1n) is 6.93. The summed E-state index contributed by atoms with van der Waals surface area (Å²) in [6, 6.07) is 0. The van der Waals surface area contributed by atoms with Crippen LogP contribution in [0.1, 0.15) is 58.8 Å². The molecule has 1 aliphatic carbocycles. The van der Waals surface area contributed by atoms with Crippen molar-refractivity contribution < 1.29 is 9.84 Å². The summed E-state index contributed by atoms with van der Waals surface area (Å²) in [7, 11) is 0. The van der Waals surface area contributed by atoms with Crippen LogP contribution in [0, 0.1) is 11.8 Å². The highest BCUT2D eigenvalue weighted by molar-refractivity contribution is 4.89. The van der Waals surface area contributed by atoms with E-state index >= 15 is 0 Å². The van der Waals surface area contributed by atoms with E-state index in [2.05, 4.69) is 13.8 Å². The molecule has 1 aliphatic heterocycles. The van der Waals surface area contributed by atoms with E-state index in [9.17, 15) is 5.11 Å². The van der Waals surface area contributed by atoms with Crippen molar-refractivity contribution in [3.05, 3.63) is 0 Å². The van der Waals surface area contributed by atoms with Crippen molar-refractivity contribution in [1.29, 1.82) is 0 Å². The molecule has 0 bridgehead atoms. The summed E-state index contributed by atoms with van der Waals surface area (Å²) < 4.78 is 5.74. The van der Waals surface area contributed by atoms with Gasteiger partial charge in [0.2, 0.25) is 0 Å². The maximum absolute atomic E-state index is 10.7. The van der Waals surface area contributed by atoms with Gasteiger partial charge in [-0.2, -0.15) is 0 Å². The summed E-state index contributed by atoms with van der Waals surface area (Å²) in [6.45, 7) is 5.12. The third kappa shape index (κ3) is 2.98. The molecular weight excluding hydrogens is 200 g/mol. The Balaban J connectivity index is 1.89. The fourth-order valence-corrected chi connectivity index (χ4v) is 3.30. The van der Waals surface area contributed by atoms with Gasteiger partial charge in [-0.25, -0.2) is 0 Å². The van der Waals surface area contributed by atoms with Gasteiger partial charge in [-0.1, -0.05) is 39.5 Å². The maximum atomic E-state index is 10.7. The van der Waals surface area contributed by atoms with Gasteiger partial charge in [0.05, 0.1) is 11.7 Å². The van der Waals surface area contributed by atoms with E-state index in [1.807, 2.05) is 0 Å². The van der Waals surface area contributed by atoms with Crippen molar-refractivity contribution in [3.63, 3.8) is 0 Å². The van der Waals surface area contributed by atoms with Crippen LogP contribution >= 0.6 is 0 Å². The van der Waals surface area contributed by atoms with Crippen LogP contribution < -0.4 is 0 Å². The Hall–Kier alpha value is -0.0800. The molecule has 16 heavy (non-hydrogen) atoms. The van der Waals surface area contributed by atoms with E-state index in [1.165, 1.54) is 25.7 Å². The second-order valence-electron chi connectivity index (χ2n) is 6.19. The Bertz CT molecular complexity index is 217. The molecule has 1 N–H and O–H groups in total. The van der Waals surface area contributed by atoms with Gasteiger partial charge in [0, 0.05) is 13.0 Å². The SMILES string of the molecule is CC(C)C1CC(O)(CC2CCCC2)CCO1. The molecule has 2 atom stereocenters. The van der Waals surface area contributed by atoms with Crippen LogP contribution in [0.3, 0.4) is 0 Å². The van der Waals surface area contributed by atoms with E-state index in [-0.39, 0.29) is 6.10 Å². The number of rotatable bonds is 3. The Morgan fingerprint density at radius 3 is 2.62 bits per heavy atom. The lowest BCUT2D eigenvalue weighted by atomic mass is 9.79. The molecule has 0 aromatic heterocycles. The molecule has 0 amide bonds. The molecule has 0 spiro atoms. The standard InChI is InChI=1S/C14H26O2/c1-11(2)13-10-14(15,7-8-16-13)9-12-5-3-4-6-12/h11-13,15H,3-10H2,1-2H3. The summed E-state index contributed by atoms with van der Waals surface area (Å²) in [4.78, 5) is 0. The lowest BCUT2D eigenvalue weighted by Gasteiger charge is -2.40. The third-order valence-corrected chi connectivity index (χ3v) is 4.37. The molecule has 2 nitrogen and oxygen atoms in total. The van der Waals surface area contributed by atoms with Crippen LogP contribution in [0.2, 0.25) is 0 Å². The van der Waals surface area contributed by atoms with E-state index in [0.717, 1.165) is 31.8 Å². The zero-order valence-corrected chi connectivity index (χ0v) is 10.7. The second-order valence-corrected chi connectivity index (χ2v) is 6.19. The lowest BCUT2D eigenvalue weighted by Crippen LogP contribution is -2.43. The topological polar surface area (TPSA) is 29.5 Å². The second kappa shape index (κ2) is 5.05. The summed E-state index contributed by atoms with van der Waals surface area (Å²) in [5.41, 5.74) is -0.428. The van der Waals surface area contributed by atoms with Gasteiger partial charge >= 0.3 is 0 Å². The molecule has 2 unspecified atom stereocenters. The van der Waals surface area contributed by atoms with Gasteiger partial charge in [-0.05, 0) is 24.7 Å². The molecule has 1 saturated heterocycles. The van der Waals surface area contributed by atoms with Crippen molar-refractivity contribution in [2.24, 2.45) is 11.8 Å². The lowest BCUT2D eigenvalue weighted by molar-refractivity contribution is -0.125. The molecule has 2 fully saturated rings. The zero-order chi connectivity index (χ0) is 11.6. The van der Waals surface area contributed by atoms with Gasteiger partial charge < -0.3 is 9.84 Å². The van der Waals surface area contributed by atoms with E-state index < -0.39 is 5.60 Å². The smallest absolute Gasteiger partial charge is 0.0697 e. The summed E-state index contributed by atoms with van der Waals surface area (Å²) in [5, 5.41) is 10.7. The van der Waals surface area contributed by atoms with Crippen LogP contribution in [-0.2, 0) is 4.74 Å². The quantitative estimate of drug-likeness (QED) is 0.801. The fourth-order valence-electron chi connectivity index (χ4n) is 3.30. The van der Waals surface area contributed by atoms with E-state index in [0.29, 0.717) is 5.92 Å². The molecular formula is C14H26O2. The highest BCUT2D eigenvalue weighted by atomic mass is 16.5. The summed E-state index contributed by atoms with van der Waals surface area (Å²) in [6.07, 6.45) is 8.36. The molecule has 2 aliphatic rings. The average molecular weight is 226 g/mol. The average Bonchev–Trinajstić information content (AvgIpc) is 2.69. The molecule has 1 saturated carbocycles. The van der Waals surface area contributed by atoms with E-state index in [1.54, 1.807) is 0 Å². The minimum Gasteiger partial charge on any atom is -0.390 e. The van der Waals surface area contributed by atoms with Gasteiger partial charge in [0.1, 0.15) is 0 Å². The number of ether oxygens (including phenoxy) is 1. The van der Waals surface area contributed by atoms with E-state index in [4.69, 9.17) is 4.74 Å². The number of aliphatic hydroxyl groups is 1. The van der Waals surface area contributed by atoms with Crippen LogP contribution in [0.4, 0.5) is 0 Å². The van der Waals surface area contributed by atoms with Gasteiger partial charge in [0.25, 0.3) is 0 Å². The van der Waals surface area contributed by atoms with Crippen LogP contribution in [0.25, 0.3) is 0 Å². The first kappa shape index (κ1) is 12.4. The Morgan fingerprint density at radius 1 is 1.31 bits per heavy atom. The molecule has 94 valence electrons. The third-order valence-electron chi connectivity index (χ3n) is 4.37. The molecule has 1 heterocycles. The minimum atomic E-state index is -0.428. The first-order valence-corrected chi connectivity index (χ1v) is 6.93. The van der Waals surface area contributed by atoms with Crippen molar-refractivity contribution in [2.75, 3.05) is 6.61 Å². The fraction of sp³-hybridized carbons (Fsp3) is 1.00. The van der Waals surface area contributed by atoms with Crippen LogP contribution in [-0.4, -0.2) is 23.4 Å². The molecule has 0 aromatic rings. The molecule has 2 rings (SSSR count). The molecule has 0 radical (unpaired) electrons. The number of hydrogen-bond donors (Lipinski definition) is 1. The first-order chi connectivity index (χ1) is 7.59. The monoisotopic (exact) mass is 226 g/mol. The minimum absolute atomic E-state index is 0.264. The maximum Gasteiger partial charge on any atom is 0.0697 e. The van der Waals surface area contributed by atoms with Crippen molar-refractivity contribution in [1.82, 2.24) is 0 Å². The summed E-state index contributed by atoms with van der Waals surface area (Å²) >= 11 is 0. The predicted octanol–water partition coefficient (Wildman–Crippen LogP) is 3.13. The van der Waals surface area contributed by atoms with Gasteiger partial charge in [-0.3, -0.25) is 0 Å². The molecule has 2 heteroatoms. The van der Waals surface area contributed by atoms with Gasteiger partial charge in [-0.15, -0.1) is 0 Å². The highest BCUT2D eigenvalue weighted by Gasteiger charge is 2.38. The van der Waals surface area contributed by atoms with Gasteiger partial charge in [0.15, 0.2) is 0 Å². The molecule has 0 aromatic carbocycles.